The zero-order valence-electron chi connectivity index (χ0n) is 9.33. The van der Waals surface area contributed by atoms with E-state index in [1.807, 2.05) is 19.1 Å². The Balaban J connectivity index is 2.55. The summed E-state index contributed by atoms with van der Waals surface area (Å²) in [6.45, 7) is 2.55. The Bertz CT molecular complexity index is 509. The van der Waals surface area contributed by atoms with Gasteiger partial charge in [0.1, 0.15) is 5.82 Å². The summed E-state index contributed by atoms with van der Waals surface area (Å²) in [6.07, 6.45) is 1.63. The SMILES string of the molecule is Cc1ccc2cc(F)cc(CCCN)c2n1. The quantitative estimate of drug-likeness (QED) is 0.860. The summed E-state index contributed by atoms with van der Waals surface area (Å²) < 4.78 is 13.4. The van der Waals surface area contributed by atoms with Crippen LogP contribution in [0, 0.1) is 12.7 Å². The summed E-state index contributed by atoms with van der Waals surface area (Å²) >= 11 is 0. The summed E-state index contributed by atoms with van der Waals surface area (Å²) in [5.74, 6) is -0.204. The molecule has 3 heteroatoms. The Morgan fingerprint density at radius 3 is 2.88 bits per heavy atom. The van der Waals surface area contributed by atoms with Gasteiger partial charge in [0.2, 0.25) is 0 Å². The maximum absolute atomic E-state index is 13.4. The summed E-state index contributed by atoms with van der Waals surface area (Å²) in [7, 11) is 0. The zero-order valence-corrected chi connectivity index (χ0v) is 9.33. The number of nitrogens with two attached hydrogens (primary N) is 1. The summed E-state index contributed by atoms with van der Waals surface area (Å²) in [6, 6.07) is 6.89. The van der Waals surface area contributed by atoms with Crippen LogP contribution < -0.4 is 5.73 Å². The summed E-state index contributed by atoms with van der Waals surface area (Å²) in [5.41, 5.74) is 8.27. The van der Waals surface area contributed by atoms with E-state index in [-0.39, 0.29) is 5.82 Å². The van der Waals surface area contributed by atoms with Crippen LogP contribution in [0.2, 0.25) is 0 Å². The van der Waals surface area contributed by atoms with Gasteiger partial charge in [-0.2, -0.15) is 0 Å². The van der Waals surface area contributed by atoms with Gasteiger partial charge in [0.05, 0.1) is 5.52 Å². The second-order valence-electron chi connectivity index (χ2n) is 3.98. The number of nitrogens with zero attached hydrogens (tertiary/aromatic N) is 1. The number of hydrogen-bond donors (Lipinski definition) is 1. The van der Waals surface area contributed by atoms with Crippen LogP contribution in [0.1, 0.15) is 17.7 Å². The molecule has 0 aliphatic rings. The van der Waals surface area contributed by atoms with Gasteiger partial charge < -0.3 is 5.73 Å². The van der Waals surface area contributed by atoms with Crippen LogP contribution in [0.3, 0.4) is 0 Å². The van der Waals surface area contributed by atoms with Crippen molar-refractivity contribution in [2.45, 2.75) is 19.8 Å². The predicted molar refractivity (Wildman–Crippen MR) is 63.8 cm³/mol. The molecule has 84 valence electrons. The van der Waals surface area contributed by atoms with Crippen LogP contribution in [-0.2, 0) is 6.42 Å². The Morgan fingerprint density at radius 2 is 2.12 bits per heavy atom. The van der Waals surface area contributed by atoms with E-state index in [2.05, 4.69) is 4.98 Å². The number of hydrogen-bond acceptors (Lipinski definition) is 2. The molecule has 2 nitrogen and oxygen atoms in total. The molecule has 0 radical (unpaired) electrons. The van der Waals surface area contributed by atoms with Crippen LogP contribution in [0.4, 0.5) is 4.39 Å². The second-order valence-corrected chi connectivity index (χ2v) is 3.98. The topological polar surface area (TPSA) is 38.9 Å². The molecule has 2 N–H and O–H groups in total. The molecule has 0 saturated carbocycles. The van der Waals surface area contributed by atoms with Crippen LogP contribution in [-0.4, -0.2) is 11.5 Å². The molecular formula is C13H15FN2. The summed E-state index contributed by atoms with van der Waals surface area (Å²) in [4.78, 5) is 4.46. The lowest BCUT2D eigenvalue weighted by molar-refractivity contribution is 0.626. The Kier molecular flexibility index (Phi) is 3.15. The van der Waals surface area contributed by atoms with Crippen molar-refractivity contribution >= 4 is 10.9 Å². The molecule has 1 aromatic heterocycles. The molecule has 1 aromatic carbocycles. The average molecular weight is 218 g/mol. The molecular weight excluding hydrogens is 203 g/mol. The second kappa shape index (κ2) is 4.58. The number of pyridine rings is 1. The van der Waals surface area contributed by atoms with Crippen LogP contribution >= 0.6 is 0 Å². The third-order valence-corrected chi connectivity index (χ3v) is 2.63. The van der Waals surface area contributed by atoms with Crippen molar-refractivity contribution in [1.82, 2.24) is 4.98 Å². The fraction of sp³-hybridized carbons (Fsp3) is 0.308. The molecule has 0 spiro atoms. The summed E-state index contributed by atoms with van der Waals surface area (Å²) in [5, 5.41) is 0.859. The molecule has 0 bridgehead atoms. The molecule has 16 heavy (non-hydrogen) atoms. The molecule has 0 amide bonds. The molecule has 0 fully saturated rings. The highest BCUT2D eigenvalue weighted by atomic mass is 19.1. The van der Waals surface area contributed by atoms with Gasteiger partial charge in [0.15, 0.2) is 0 Å². The van der Waals surface area contributed by atoms with Crippen LogP contribution in [0.15, 0.2) is 24.3 Å². The van der Waals surface area contributed by atoms with Gasteiger partial charge in [-0.1, -0.05) is 6.07 Å². The lowest BCUT2D eigenvalue weighted by atomic mass is 10.0. The van der Waals surface area contributed by atoms with Crippen LogP contribution in [0.25, 0.3) is 10.9 Å². The minimum absolute atomic E-state index is 0.204. The number of halogens is 1. The lowest BCUT2D eigenvalue weighted by Crippen LogP contribution is -2.01. The fourth-order valence-corrected chi connectivity index (χ4v) is 1.85. The van der Waals surface area contributed by atoms with Crippen LogP contribution in [0.5, 0.6) is 0 Å². The third-order valence-electron chi connectivity index (χ3n) is 2.63. The molecule has 0 unspecified atom stereocenters. The Labute approximate surface area is 94.3 Å². The smallest absolute Gasteiger partial charge is 0.124 e. The average Bonchev–Trinajstić information content (AvgIpc) is 2.26. The lowest BCUT2D eigenvalue weighted by Gasteiger charge is -2.06. The molecule has 0 atom stereocenters. The third kappa shape index (κ3) is 2.19. The minimum atomic E-state index is -0.204. The number of fused-ring (bicyclic) bond motifs is 1. The predicted octanol–water partition coefficient (Wildman–Crippen LogP) is 2.57. The van der Waals surface area contributed by atoms with Crippen molar-refractivity contribution in [3.05, 3.63) is 41.3 Å². The van der Waals surface area contributed by atoms with Gasteiger partial charge in [-0.3, -0.25) is 4.98 Å². The highest BCUT2D eigenvalue weighted by Crippen LogP contribution is 2.20. The normalized spacial score (nSPS) is 10.9. The van der Waals surface area contributed by atoms with E-state index >= 15 is 0 Å². The monoisotopic (exact) mass is 218 g/mol. The number of benzene rings is 1. The van der Waals surface area contributed by atoms with Gasteiger partial charge >= 0.3 is 0 Å². The van der Waals surface area contributed by atoms with E-state index in [0.29, 0.717) is 6.54 Å². The van der Waals surface area contributed by atoms with E-state index in [4.69, 9.17) is 5.73 Å². The van der Waals surface area contributed by atoms with Crippen molar-refractivity contribution in [2.75, 3.05) is 6.54 Å². The molecule has 2 aromatic rings. The zero-order chi connectivity index (χ0) is 11.5. The van der Waals surface area contributed by atoms with Crippen molar-refractivity contribution < 1.29 is 4.39 Å². The highest BCUT2D eigenvalue weighted by Gasteiger charge is 2.05. The van der Waals surface area contributed by atoms with E-state index in [1.165, 1.54) is 6.07 Å². The first-order valence-electron chi connectivity index (χ1n) is 5.46. The molecule has 0 aliphatic heterocycles. The van der Waals surface area contributed by atoms with Crippen molar-refractivity contribution in [3.63, 3.8) is 0 Å². The largest absolute Gasteiger partial charge is 0.330 e. The maximum atomic E-state index is 13.4. The van der Waals surface area contributed by atoms with E-state index < -0.39 is 0 Å². The van der Waals surface area contributed by atoms with Gasteiger partial charge in [0, 0.05) is 11.1 Å². The molecule has 0 aliphatic carbocycles. The van der Waals surface area contributed by atoms with Gasteiger partial charge in [-0.15, -0.1) is 0 Å². The van der Waals surface area contributed by atoms with Crippen molar-refractivity contribution in [2.24, 2.45) is 5.73 Å². The van der Waals surface area contributed by atoms with Crippen molar-refractivity contribution in [3.8, 4) is 0 Å². The fourth-order valence-electron chi connectivity index (χ4n) is 1.85. The van der Waals surface area contributed by atoms with Gasteiger partial charge in [0.25, 0.3) is 0 Å². The molecule has 2 rings (SSSR count). The number of rotatable bonds is 3. The van der Waals surface area contributed by atoms with E-state index in [9.17, 15) is 4.39 Å². The maximum Gasteiger partial charge on any atom is 0.124 e. The first-order chi connectivity index (χ1) is 7.70. The van der Waals surface area contributed by atoms with Gasteiger partial charge in [-0.05, 0) is 50.1 Å². The van der Waals surface area contributed by atoms with E-state index in [0.717, 1.165) is 35.0 Å². The number of aryl methyl sites for hydroxylation is 2. The first kappa shape index (κ1) is 11.0. The van der Waals surface area contributed by atoms with Crippen molar-refractivity contribution in [1.29, 1.82) is 0 Å². The Morgan fingerprint density at radius 1 is 1.31 bits per heavy atom. The highest BCUT2D eigenvalue weighted by molar-refractivity contribution is 5.82. The Hall–Kier alpha value is -1.48. The first-order valence-corrected chi connectivity index (χ1v) is 5.46. The molecule has 0 saturated heterocycles. The van der Waals surface area contributed by atoms with Gasteiger partial charge in [-0.25, -0.2) is 4.39 Å². The number of aromatic nitrogens is 1. The standard InChI is InChI=1S/C13H15FN2/c1-9-4-5-11-8-12(14)7-10(3-2-6-15)13(11)16-9/h4-5,7-8H,2-3,6,15H2,1H3. The minimum Gasteiger partial charge on any atom is -0.330 e. The van der Waals surface area contributed by atoms with E-state index in [1.54, 1.807) is 6.07 Å². The molecule has 1 heterocycles.